The normalized spacial score (nSPS) is 17.9. The van der Waals surface area contributed by atoms with Gasteiger partial charge in [-0.05, 0) is 61.2 Å². The van der Waals surface area contributed by atoms with Crippen LogP contribution in [0.3, 0.4) is 0 Å². The number of anilines is 1. The molecule has 118 valence electrons. The molecule has 1 unspecified atom stereocenters. The number of hydrogen-bond acceptors (Lipinski definition) is 2. The SMILES string of the molecule is Cc1ccc(N2C(=O)CC(Cc3ccc(Cl)cc3)C2=O)cc1C. The van der Waals surface area contributed by atoms with Crippen LogP contribution in [-0.4, -0.2) is 11.8 Å². The summed E-state index contributed by atoms with van der Waals surface area (Å²) < 4.78 is 0. The molecule has 1 aliphatic heterocycles. The first kappa shape index (κ1) is 15.8. The highest BCUT2D eigenvalue weighted by Crippen LogP contribution is 2.30. The largest absolute Gasteiger partial charge is 0.274 e. The third-order valence-corrected chi connectivity index (χ3v) is 4.64. The number of imide groups is 1. The van der Waals surface area contributed by atoms with Crippen molar-refractivity contribution in [2.75, 3.05) is 4.90 Å². The number of carbonyl (C=O) groups is 2. The van der Waals surface area contributed by atoms with Crippen LogP contribution in [0.1, 0.15) is 23.1 Å². The Morgan fingerprint density at radius 2 is 1.74 bits per heavy atom. The minimum Gasteiger partial charge on any atom is -0.274 e. The van der Waals surface area contributed by atoms with Crippen LogP contribution >= 0.6 is 11.6 Å². The molecule has 1 fully saturated rings. The van der Waals surface area contributed by atoms with Gasteiger partial charge in [0.1, 0.15) is 0 Å². The number of benzene rings is 2. The molecule has 0 aliphatic carbocycles. The van der Waals surface area contributed by atoms with Crippen LogP contribution in [0.15, 0.2) is 42.5 Å². The van der Waals surface area contributed by atoms with Gasteiger partial charge in [-0.25, -0.2) is 0 Å². The van der Waals surface area contributed by atoms with Gasteiger partial charge in [0.15, 0.2) is 0 Å². The minimum absolute atomic E-state index is 0.117. The van der Waals surface area contributed by atoms with Crippen molar-refractivity contribution in [3.63, 3.8) is 0 Å². The smallest absolute Gasteiger partial charge is 0.237 e. The lowest BCUT2D eigenvalue weighted by Gasteiger charge is -2.16. The van der Waals surface area contributed by atoms with Crippen molar-refractivity contribution in [3.05, 3.63) is 64.2 Å². The van der Waals surface area contributed by atoms with E-state index in [2.05, 4.69) is 0 Å². The predicted octanol–water partition coefficient (Wildman–Crippen LogP) is 4.08. The van der Waals surface area contributed by atoms with E-state index in [0.717, 1.165) is 16.7 Å². The van der Waals surface area contributed by atoms with Gasteiger partial charge in [0.05, 0.1) is 11.6 Å². The first-order valence-electron chi connectivity index (χ1n) is 7.64. The lowest BCUT2D eigenvalue weighted by Crippen LogP contribution is -2.30. The first-order chi connectivity index (χ1) is 11.0. The van der Waals surface area contributed by atoms with Crippen LogP contribution in [0.2, 0.25) is 5.02 Å². The second-order valence-corrected chi connectivity index (χ2v) is 6.50. The Labute approximate surface area is 140 Å². The summed E-state index contributed by atoms with van der Waals surface area (Å²) in [6.07, 6.45) is 0.817. The molecule has 0 saturated carbocycles. The number of halogens is 1. The Balaban J connectivity index is 1.82. The van der Waals surface area contributed by atoms with Gasteiger partial charge in [-0.15, -0.1) is 0 Å². The van der Waals surface area contributed by atoms with Gasteiger partial charge in [0.2, 0.25) is 11.8 Å². The third-order valence-electron chi connectivity index (χ3n) is 4.38. The molecule has 0 spiro atoms. The fourth-order valence-electron chi connectivity index (χ4n) is 2.90. The van der Waals surface area contributed by atoms with E-state index in [0.29, 0.717) is 17.1 Å². The van der Waals surface area contributed by atoms with Gasteiger partial charge < -0.3 is 0 Å². The summed E-state index contributed by atoms with van der Waals surface area (Å²) in [6.45, 7) is 3.99. The van der Waals surface area contributed by atoms with E-state index >= 15 is 0 Å². The van der Waals surface area contributed by atoms with Crippen LogP contribution < -0.4 is 4.90 Å². The van der Waals surface area contributed by atoms with Crippen molar-refractivity contribution in [3.8, 4) is 0 Å². The van der Waals surface area contributed by atoms with Crippen molar-refractivity contribution in [2.45, 2.75) is 26.7 Å². The highest BCUT2D eigenvalue weighted by atomic mass is 35.5. The summed E-state index contributed by atoms with van der Waals surface area (Å²) in [6, 6.07) is 13.1. The molecule has 1 aliphatic rings. The van der Waals surface area contributed by atoms with E-state index in [1.54, 1.807) is 12.1 Å². The van der Waals surface area contributed by atoms with Crippen LogP contribution in [0.4, 0.5) is 5.69 Å². The zero-order valence-electron chi connectivity index (χ0n) is 13.2. The molecular formula is C19H18ClNO2. The Bertz CT molecular complexity index is 767. The molecule has 0 aromatic heterocycles. The fraction of sp³-hybridized carbons (Fsp3) is 0.263. The van der Waals surface area contributed by atoms with Crippen LogP contribution in [0.25, 0.3) is 0 Å². The van der Waals surface area contributed by atoms with E-state index in [1.165, 1.54) is 4.90 Å². The number of carbonyl (C=O) groups excluding carboxylic acids is 2. The molecule has 3 rings (SSSR count). The summed E-state index contributed by atoms with van der Waals surface area (Å²) in [4.78, 5) is 26.3. The molecule has 3 nitrogen and oxygen atoms in total. The van der Waals surface area contributed by atoms with Crippen molar-refractivity contribution >= 4 is 29.1 Å². The fourth-order valence-corrected chi connectivity index (χ4v) is 3.02. The van der Waals surface area contributed by atoms with E-state index in [4.69, 9.17) is 11.6 Å². The zero-order chi connectivity index (χ0) is 16.6. The van der Waals surface area contributed by atoms with E-state index < -0.39 is 0 Å². The maximum absolute atomic E-state index is 12.7. The average Bonchev–Trinajstić information content (AvgIpc) is 2.79. The Hall–Kier alpha value is -2.13. The molecule has 1 saturated heterocycles. The van der Waals surface area contributed by atoms with Gasteiger partial charge in [-0.1, -0.05) is 29.8 Å². The van der Waals surface area contributed by atoms with Gasteiger partial charge in [-0.2, -0.15) is 0 Å². The van der Waals surface area contributed by atoms with Crippen molar-refractivity contribution in [2.24, 2.45) is 5.92 Å². The second-order valence-electron chi connectivity index (χ2n) is 6.07. The standard InChI is InChI=1S/C19H18ClNO2/c1-12-3-8-17(9-13(12)2)21-18(22)11-15(19(21)23)10-14-4-6-16(20)7-5-14/h3-9,15H,10-11H2,1-2H3. The molecule has 2 amide bonds. The topological polar surface area (TPSA) is 37.4 Å². The number of aryl methyl sites for hydroxylation is 2. The molecule has 0 bridgehead atoms. The average molecular weight is 328 g/mol. The second kappa shape index (κ2) is 6.17. The maximum atomic E-state index is 12.7. The molecule has 2 aromatic carbocycles. The molecular weight excluding hydrogens is 310 g/mol. The predicted molar refractivity (Wildman–Crippen MR) is 91.7 cm³/mol. The molecule has 0 N–H and O–H groups in total. The monoisotopic (exact) mass is 327 g/mol. The summed E-state index contributed by atoms with van der Waals surface area (Å²) in [5.74, 6) is -0.546. The van der Waals surface area contributed by atoms with Crippen LogP contribution in [0.5, 0.6) is 0 Å². The maximum Gasteiger partial charge on any atom is 0.237 e. The third kappa shape index (κ3) is 3.15. The Morgan fingerprint density at radius 1 is 1.04 bits per heavy atom. The Morgan fingerprint density at radius 3 is 2.39 bits per heavy atom. The Kier molecular flexibility index (Phi) is 4.22. The van der Waals surface area contributed by atoms with E-state index in [9.17, 15) is 9.59 Å². The number of hydrogen-bond donors (Lipinski definition) is 0. The van der Waals surface area contributed by atoms with Crippen molar-refractivity contribution < 1.29 is 9.59 Å². The van der Waals surface area contributed by atoms with Crippen LogP contribution in [0, 0.1) is 19.8 Å². The number of rotatable bonds is 3. The summed E-state index contributed by atoms with van der Waals surface area (Å²) in [5, 5.41) is 0.666. The molecule has 1 heterocycles. The highest BCUT2D eigenvalue weighted by molar-refractivity contribution is 6.30. The van der Waals surface area contributed by atoms with Gasteiger partial charge in [-0.3, -0.25) is 14.5 Å². The molecule has 4 heteroatoms. The van der Waals surface area contributed by atoms with Crippen LogP contribution in [-0.2, 0) is 16.0 Å². The van der Waals surface area contributed by atoms with Crippen molar-refractivity contribution in [1.29, 1.82) is 0 Å². The summed E-state index contributed by atoms with van der Waals surface area (Å²) in [5.41, 5.74) is 3.90. The lowest BCUT2D eigenvalue weighted by atomic mass is 9.98. The number of nitrogens with zero attached hydrogens (tertiary/aromatic N) is 1. The molecule has 2 aromatic rings. The zero-order valence-corrected chi connectivity index (χ0v) is 13.9. The molecule has 1 atom stereocenters. The molecule has 0 radical (unpaired) electrons. The number of amides is 2. The van der Waals surface area contributed by atoms with E-state index in [1.807, 2.05) is 44.2 Å². The highest BCUT2D eigenvalue weighted by Gasteiger charge is 2.39. The van der Waals surface area contributed by atoms with E-state index in [-0.39, 0.29) is 24.2 Å². The molecule has 23 heavy (non-hydrogen) atoms. The van der Waals surface area contributed by atoms with Gasteiger partial charge in [0.25, 0.3) is 0 Å². The lowest BCUT2D eigenvalue weighted by molar-refractivity contribution is -0.122. The quantitative estimate of drug-likeness (QED) is 0.797. The van der Waals surface area contributed by atoms with Gasteiger partial charge >= 0.3 is 0 Å². The van der Waals surface area contributed by atoms with Gasteiger partial charge in [0, 0.05) is 11.4 Å². The minimum atomic E-state index is -0.301. The van der Waals surface area contributed by atoms with Crippen molar-refractivity contribution in [1.82, 2.24) is 0 Å². The first-order valence-corrected chi connectivity index (χ1v) is 8.02. The summed E-state index contributed by atoms with van der Waals surface area (Å²) >= 11 is 5.88. The summed E-state index contributed by atoms with van der Waals surface area (Å²) in [7, 11) is 0.